The van der Waals surface area contributed by atoms with E-state index in [4.69, 9.17) is 30.5 Å². The number of benzene rings is 2. The predicted octanol–water partition coefficient (Wildman–Crippen LogP) is 5.63. The molecule has 2 aromatic carbocycles. The van der Waals surface area contributed by atoms with Crippen molar-refractivity contribution in [3.63, 3.8) is 0 Å². The third-order valence-corrected chi connectivity index (χ3v) is 6.50. The molecule has 1 fully saturated rings. The Kier molecular flexibility index (Phi) is 8.48. The van der Waals surface area contributed by atoms with E-state index in [1.54, 1.807) is 32.9 Å². The summed E-state index contributed by atoms with van der Waals surface area (Å²) in [5, 5.41) is 2.63. The number of nitrogens with zero attached hydrogens (tertiary/aromatic N) is 3. The van der Waals surface area contributed by atoms with Crippen LogP contribution in [0.2, 0.25) is 5.02 Å². The molecule has 0 saturated carbocycles. The lowest BCUT2D eigenvalue weighted by molar-refractivity contribution is -0.149. The summed E-state index contributed by atoms with van der Waals surface area (Å²) >= 11 is 5.72. The van der Waals surface area contributed by atoms with Crippen molar-refractivity contribution < 1.29 is 37.3 Å². The van der Waals surface area contributed by atoms with Gasteiger partial charge in [-0.3, -0.25) is 4.90 Å². The van der Waals surface area contributed by atoms with Crippen LogP contribution in [0.15, 0.2) is 30.6 Å². The highest BCUT2D eigenvalue weighted by Gasteiger charge is 2.40. The molecule has 2 atom stereocenters. The maximum absolute atomic E-state index is 14.6. The fourth-order valence-corrected chi connectivity index (χ4v) is 4.45. The molecule has 1 saturated heterocycles. The number of hydrogen-bond donors (Lipinski definition) is 1. The summed E-state index contributed by atoms with van der Waals surface area (Å²) in [5.41, 5.74) is -0.359. The normalized spacial score (nSPS) is 17.4. The van der Waals surface area contributed by atoms with Crippen LogP contribution in [0, 0.1) is 11.6 Å². The molecule has 0 aliphatic carbocycles. The van der Waals surface area contributed by atoms with Crippen molar-refractivity contribution in [1.82, 2.24) is 14.9 Å². The van der Waals surface area contributed by atoms with E-state index in [0.29, 0.717) is 28.8 Å². The Morgan fingerprint density at radius 1 is 1.12 bits per heavy atom. The van der Waals surface area contributed by atoms with Crippen molar-refractivity contribution in [2.24, 2.45) is 0 Å². The minimum Gasteiger partial charge on any atom is -0.493 e. The zero-order valence-corrected chi connectivity index (χ0v) is 23.3. The van der Waals surface area contributed by atoms with Gasteiger partial charge in [-0.1, -0.05) is 11.6 Å². The van der Waals surface area contributed by atoms with E-state index in [2.05, 4.69) is 15.3 Å². The lowest BCUT2D eigenvalue weighted by atomic mass is 9.99. The maximum Gasteiger partial charge on any atom is 0.411 e. The number of halogens is 3. The number of ether oxygens (including phenoxy) is 4. The van der Waals surface area contributed by atoms with Crippen molar-refractivity contribution in [3.05, 3.63) is 47.2 Å². The molecule has 1 aromatic heterocycles. The van der Waals surface area contributed by atoms with Crippen LogP contribution in [0.3, 0.4) is 0 Å². The topological polar surface area (TPSA) is 112 Å². The number of amides is 1. The van der Waals surface area contributed by atoms with Crippen LogP contribution in [0.25, 0.3) is 10.9 Å². The average Bonchev–Trinajstić information content (AvgIpc) is 2.91. The predicted molar refractivity (Wildman–Crippen MR) is 143 cm³/mol. The second-order valence-electron chi connectivity index (χ2n) is 10.1. The van der Waals surface area contributed by atoms with E-state index >= 15 is 0 Å². The number of rotatable bonds is 6. The van der Waals surface area contributed by atoms with Gasteiger partial charge in [0, 0.05) is 30.8 Å². The molecule has 2 unspecified atom stereocenters. The summed E-state index contributed by atoms with van der Waals surface area (Å²) in [7, 11) is 2.71. The summed E-state index contributed by atoms with van der Waals surface area (Å²) in [5.74, 6) is -1.57. The van der Waals surface area contributed by atoms with Gasteiger partial charge in [-0.25, -0.2) is 28.3 Å². The highest BCUT2D eigenvalue weighted by molar-refractivity contribution is 6.31. The standard InChI is InChI=1S/C27H29ClF2N4O6/c1-27(2,3)40-26(36)34-9-8-14(10-19(34)25(35)38-5)39-21-11-15-18(12-20(21)37-4)31-13-32-24(15)33-17-7-6-16(29)22(28)23(17)30/h6-7,11-14,19H,8-10H2,1-5H3,(H,31,32,33). The maximum atomic E-state index is 14.6. The lowest BCUT2D eigenvalue weighted by Gasteiger charge is -2.38. The first-order valence-electron chi connectivity index (χ1n) is 12.4. The molecule has 2 heterocycles. The highest BCUT2D eigenvalue weighted by atomic mass is 35.5. The Hall–Kier alpha value is -3.93. The number of piperidine rings is 1. The van der Waals surface area contributed by atoms with Gasteiger partial charge in [-0.05, 0) is 39.0 Å². The Bertz CT molecular complexity index is 1430. The SMILES string of the molecule is COC(=O)C1CC(Oc2cc3c(Nc4ccc(F)c(Cl)c4F)ncnc3cc2OC)CCN1C(=O)OC(C)(C)C. The van der Waals surface area contributed by atoms with Gasteiger partial charge in [-0.15, -0.1) is 0 Å². The van der Waals surface area contributed by atoms with Crippen molar-refractivity contribution >= 4 is 46.1 Å². The minimum absolute atomic E-state index is 0.0832. The van der Waals surface area contributed by atoms with Gasteiger partial charge in [0.2, 0.25) is 0 Å². The molecule has 10 nitrogen and oxygen atoms in total. The molecule has 1 aliphatic rings. The number of nitrogens with one attached hydrogen (secondary N) is 1. The summed E-state index contributed by atoms with van der Waals surface area (Å²) in [6, 6.07) is 4.57. The number of hydrogen-bond acceptors (Lipinski definition) is 9. The molecule has 4 rings (SSSR count). The van der Waals surface area contributed by atoms with Crippen LogP contribution in [0.4, 0.5) is 25.1 Å². The zero-order valence-electron chi connectivity index (χ0n) is 22.6. The fraction of sp³-hybridized carbons (Fsp3) is 0.407. The van der Waals surface area contributed by atoms with E-state index in [9.17, 15) is 18.4 Å². The monoisotopic (exact) mass is 578 g/mol. The van der Waals surface area contributed by atoms with Gasteiger partial charge in [-0.2, -0.15) is 0 Å². The van der Waals surface area contributed by atoms with Crippen molar-refractivity contribution in [2.45, 2.75) is 51.4 Å². The molecule has 13 heteroatoms. The molecule has 1 N–H and O–H groups in total. The number of carbonyl (C=O) groups excluding carboxylic acids is 2. The summed E-state index contributed by atoms with van der Waals surface area (Å²) < 4.78 is 50.4. The van der Waals surface area contributed by atoms with Crippen LogP contribution >= 0.6 is 11.6 Å². The smallest absolute Gasteiger partial charge is 0.411 e. The number of esters is 1. The second kappa shape index (κ2) is 11.7. The number of anilines is 2. The third kappa shape index (κ3) is 6.27. The number of likely N-dealkylation sites (tertiary alicyclic amines) is 1. The minimum atomic E-state index is -0.969. The molecule has 40 heavy (non-hydrogen) atoms. The van der Waals surface area contributed by atoms with Crippen LogP contribution < -0.4 is 14.8 Å². The summed E-state index contributed by atoms with van der Waals surface area (Å²) in [6.07, 6.45) is 0.696. The van der Waals surface area contributed by atoms with Crippen molar-refractivity contribution in [2.75, 3.05) is 26.1 Å². The largest absolute Gasteiger partial charge is 0.493 e. The van der Waals surface area contributed by atoms with Gasteiger partial charge >= 0.3 is 12.1 Å². The third-order valence-electron chi connectivity index (χ3n) is 6.16. The van der Waals surface area contributed by atoms with Crippen molar-refractivity contribution in [3.8, 4) is 11.5 Å². The second-order valence-corrected chi connectivity index (χ2v) is 10.4. The zero-order chi connectivity index (χ0) is 29.2. The molecule has 3 aromatic rings. The average molecular weight is 579 g/mol. The molecule has 1 amide bonds. The van der Waals surface area contributed by atoms with Gasteiger partial charge in [0.1, 0.15) is 40.7 Å². The van der Waals surface area contributed by atoms with E-state index in [1.807, 2.05) is 0 Å². The number of aromatic nitrogens is 2. The lowest BCUT2D eigenvalue weighted by Crippen LogP contribution is -2.53. The molecule has 214 valence electrons. The van der Waals surface area contributed by atoms with Crippen LogP contribution in [-0.2, 0) is 14.3 Å². The Morgan fingerprint density at radius 2 is 1.88 bits per heavy atom. The molecule has 0 radical (unpaired) electrons. The first-order chi connectivity index (χ1) is 18.9. The number of carbonyl (C=O) groups is 2. The molecule has 0 spiro atoms. The number of methoxy groups -OCH3 is 2. The van der Waals surface area contributed by atoms with Gasteiger partial charge in [0.15, 0.2) is 17.3 Å². The first kappa shape index (κ1) is 29.1. The quantitative estimate of drug-likeness (QED) is 0.293. The van der Waals surface area contributed by atoms with Gasteiger partial charge in [0.05, 0.1) is 25.4 Å². The van der Waals surface area contributed by atoms with E-state index in [0.717, 1.165) is 6.07 Å². The Labute approximate surface area is 234 Å². The van der Waals surface area contributed by atoms with Gasteiger partial charge in [0.25, 0.3) is 0 Å². The molecular weight excluding hydrogens is 550 g/mol. The molecule has 0 bridgehead atoms. The molecule has 1 aliphatic heterocycles. The van der Waals surface area contributed by atoms with Crippen molar-refractivity contribution in [1.29, 1.82) is 0 Å². The highest BCUT2D eigenvalue weighted by Crippen LogP contribution is 2.37. The van der Waals surface area contributed by atoms with Gasteiger partial charge < -0.3 is 24.3 Å². The van der Waals surface area contributed by atoms with E-state index in [1.165, 1.54) is 31.5 Å². The Morgan fingerprint density at radius 3 is 2.55 bits per heavy atom. The van der Waals surface area contributed by atoms with Crippen LogP contribution in [0.5, 0.6) is 11.5 Å². The first-order valence-corrected chi connectivity index (χ1v) is 12.8. The van der Waals surface area contributed by atoms with Crippen LogP contribution in [-0.4, -0.2) is 65.4 Å². The number of fused-ring (bicyclic) bond motifs is 1. The van der Waals surface area contributed by atoms with E-state index < -0.39 is 46.5 Å². The fourth-order valence-electron chi connectivity index (χ4n) is 4.28. The van der Waals surface area contributed by atoms with Crippen LogP contribution in [0.1, 0.15) is 33.6 Å². The summed E-state index contributed by atoms with van der Waals surface area (Å²) in [4.78, 5) is 35.2. The molecular formula is C27H29ClF2N4O6. The van der Waals surface area contributed by atoms with E-state index in [-0.39, 0.29) is 24.5 Å². The Balaban J connectivity index is 1.62. The summed E-state index contributed by atoms with van der Waals surface area (Å²) in [6.45, 7) is 5.42.